The number of hydrogen-bond acceptors (Lipinski definition) is 2. The number of methoxy groups -OCH3 is 1. The average molecular weight is 249 g/mol. The zero-order valence-corrected chi connectivity index (χ0v) is 12.2. The van der Waals surface area contributed by atoms with Crippen LogP contribution in [-0.4, -0.2) is 26.8 Å². The number of ether oxygens (including phenoxy) is 1. The Morgan fingerprint density at radius 2 is 1.89 bits per heavy atom. The maximum Gasteiger partial charge on any atom is 0.0494 e. The Hall–Kier alpha value is -0.860. The first-order valence-electron chi connectivity index (χ1n) is 6.95. The Morgan fingerprint density at radius 1 is 1.22 bits per heavy atom. The van der Waals surface area contributed by atoms with Crippen LogP contribution in [0, 0.1) is 12.8 Å². The lowest BCUT2D eigenvalue weighted by atomic mass is 9.87. The fraction of sp³-hybridized carbons (Fsp3) is 0.625. The molecule has 2 nitrogen and oxygen atoms in total. The second kappa shape index (κ2) is 8.28. The van der Waals surface area contributed by atoms with E-state index in [1.807, 2.05) is 0 Å². The Balaban J connectivity index is 2.72. The van der Waals surface area contributed by atoms with Gasteiger partial charge in [0.25, 0.3) is 0 Å². The molecule has 1 rings (SSSR count). The molecule has 0 heterocycles. The number of aryl methyl sites for hydroxylation is 1. The van der Waals surface area contributed by atoms with Gasteiger partial charge < -0.3 is 10.1 Å². The third kappa shape index (κ3) is 4.79. The summed E-state index contributed by atoms with van der Waals surface area (Å²) in [5, 5.41) is 3.53. The average Bonchev–Trinajstić information content (AvgIpc) is 2.36. The first-order valence-corrected chi connectivity index (χ1v) is 6.95. The molecule has 18 heavy (non-hydrogen) atoms. The van der Waals surface area contributed by atoms with Crippen LogP contribution in [0.3, 0.4) is 0 Å². The van der Waals surface area contributed by atoms with Gasteiger partial charge in [0.15, 0.2) is 0 Å². The molecule has 0 bridgehead atoms. The molecule has 0 aliphatic carbocycles. The Labute approximate surface area is 112 Å². The van der Waals surface area contributed by atoms with E-state index in [0.717, 1.165) is 19.7 Å². The SMILES string of the molecule is CCCNCC(c1ccc(C)cc1)C(C)COC. The molecule has 0 spiro atoms. The lowest BCUT2D eigenvalue weighted by molar-refractivity contribution is 0.146. The van der Waals surface area contributed by atoms with Crippen LogP contribution < -0.4 is 5.32 Å². The van der Waals surface area contributed by atoms with Gasteiger partial charge in [-0.25, -0.2) is 0 Å². The molecular weight excluding hydrogens is 222 g/mol. The van der Waals surface area contributed by atoms with Gasteiger partial charge in [-0.2, -0.15) is 0 Å². The van der Waals surface area contributed by atoms with E-state index in [1.54, 1.807) is 7.11 Å². The van der Waals surface area contributed by atoms with Crippen molar-refractivity contribution >= 4 is 0 Å². The summed E-state index contributed by atoms with van der Waals surface area (Å²) in [6, 6.07) is 8.89. The highest BCUT2D eigenvalue weighted by Gasteiger charge is 2.18. The van der Waals surface area contributed by atoms with Gasteiger partial charge in [-0.15, -0.1) is 0 Å². The van der Waals surface area contributed by atoms with Crippen molar-refractivity contribution in [1.29, 1.82) is 0 Å². The van der Waals surface area contributed by atoms with E-state index in [2.05, 4.69) is 50.4 Å². The normalized spacial score (nSPS) is 14.4. The monoisotopic (exact) mass is 249 g/mol. The van der Waals surface area contributed by atoms with Crippen molar-refractivity contribution in [2.75, 3.05) is 26.8 Å². The first kappa shape index (κ1) is 15.2. The van der Waals surface area contributed by atoms with E-state index in [1.165, 1.54) is 17.5 Å². The minimum absolute atomic E-state index is 0.525. The van der Waals surface area contributed by atoms with E-state index in [0.29, 0.717) is 11.8 Å². The molecule has 2 unspecified atom stereocenters. The van der Waals surface area contributed by atoms with Crippen LogP contribution in [-0.2, 0) is 4.74 Å². The number of benzene rings is 1. The van der Waals surface area contributed by atoms with Gasteiger partial charge in [-0.1, -0.05) is 43.7 Å². The van der Waals surface area contributed by atoms with Crippen molar-refractivity contribution in [2.45, 2.75) is 33.1 Å². The lowest BCUT2D eigenvalue weighted by Gasteiger charge is -2.24. The molecule has 0 fully saturated rings. The van der Waals surface area contributed by atoms with Gasteiger partial charge in [0.1, 0.15) is 0 Å². The zero-order valence-electron chi connectivity index (χ0n) is 12.2. The van der Waals surface area contributed by atoms with E-state index in [-0.39, 0.29) is 0 Å². The van der Waals surface area contributed by atoms with Gasteiger partial charge >= 0.3 is 0 Å². The lowest BCUT2D eigenvalue weighted by Crippen LogP contribution is -2.28. The fourth-order valence-corrected chi connectivity index (χ4v) is 2.27. The van der Waals surface area contributed by atoms with Crippen molar-refractivity contribution in [3.05, 3.63) is 35.4 Å². The highest BCUT2D eigenvalue weighted by atomic mass is 16.5. The second-order valence-electron chi connectivity index (χ2n) is 5.15. The maximum atomic E-state index is 5.31. The van der Waals surface area contributed by atoms with Crippen molar-refractivity contribution in [3.8, 4) is 0 Å². The van der Waals surface area contributed by atoms with Gasteiger partial charge in [-0.05, 0) is 31.4 Å². The van der Waals surface area contributed by atoms with Crippen LogP contribution in [0.25, 0.3) is 0 Å². The predicted octanol–water partition coefficient (Wildman–Crippen LogP) is 3.36. The summed E-state index contributed by atoms with van der Waals surface area (Å²) in [4.78, 5) is 0. The van der Waals surface area contributed by atoms with Crippen LogP contribution in [0.2, 0.25) is 0 Å². The number of nitrogens with one attached hydrogen (secondary N) is 1. The highest BCUT2D eigenvalue weighted by Crippen LogP contribution is 2.24. The first-order chi connectivity index (χ1) is 8.69. The molecule has 2 atom stereocenters. The minimum Gasteiger partial charge on any atom is -0.384 e. The van der Waals surface area contributed by atoms with Crippen LogP contribution in [0.15, 0.2) is 24.3 Å². The van der Waals surface area contributed by atoms with Crippen molar-refractivity contribution in [3.63, 3.8) is 0 Å². The molecule has 0 aliphatic heterocycles. The summed E-state index contributed by atoms with van der Waals surface area (Å²) in [6.45, 7) is 9.52. The molecule has 0 aliphatic rings. The molecule has 0 radical (unpaired) electrons. The van der Waals surface area contributed by atoms with Gasteiger partial charge in [-0.3, -0.25) is 0 Å². The number of hydrogen-bond donors (Lipinski definition) is 1. The predicted molar refractivity (Wildman–Crippen MR) is 78.1 cm³/mol. The Bertz CT molecular complexity index is 320. The minimum atomic E-state index is 0.525. The summed E-state index contributed by atoms with van der Waals surface area (Å²) in [7, 11) is 1.78. The van der Waals surface area contributed by atoms with Crippen LogP contribution in [0.5, 0.6) is 0 Å². The topological polar surface area (TPSA) is 21.3 Å². The van der Waals surface area contributed by atoms with E-state index in [9.17, 15) is 0 Å². The van der Waals surface area contributed by atoms with Gasteiger partial charge in [0.05, 0.1) is 0 Å². The molecule has 0 saturated heterocycles. The summed E-state index contributed by atoms with van der Waals surface area (Å²) in [6.07, 6.45) is 1.18. The molecule has 0 saturated carbocycles. The second-order valence-corrected chi connectivity index (χ2v) is 5.15. The molecule has 1 aromatic rings. The van der Waals surface area contributed by atoms with Crippen molar-refractivity contribution in [2.24, 2.45) is 5.92 Å². The largest absolute Gasteiger partial charge is 0.384 e. The molecule has 1 N–H and O–H groups in total. The highest BCUT2D eigenvalue weighted by molar-refractivity contribution is 5.25. The quantitative estimate of drug-likeness (QED) is 0.713. The molecule has 0 aromatic heterocycles. The van der Waals surface area contributed by atoms with E-state index in [4.69, 9.17) is 4.74 Å². The maximum absolute atomic E-state index is 5.31. The smallest absolute Gasteiger partial charge is 0.0494 e. The third-order valence-electron chi connectivity index (χ3n) is 3.41. The summed E-state index contributed by atoms with van der Waals surface area (Å²) < 4.78 is 5.31. The fourth-order valence-electron chi connectivity index (χ4n) is 2.27. The summed E-state index contributed by atoms with van der Waals surface area (Å²) in [5.41, 5.74) is 2.73. The third-order valence-corrected chi connectivity index (χ3v) is 3.41. The Kier molecular flexibility index (Phi) is 6.99. The molecular formula is C16H27NO. The molecule has 0 amide bonds. The van der Waals surface area contributed by atoms with Crippen molar-refractivity contribution in [1.82, 2.24) is 5.32 Å². The van der Waals surface area contributed by atoms with Gasteiger partial charge in [0.2, 0.25) is 0 Å². The van der Waals surface area contributed by atoms with E-state index < -0.39 is 0 Å². The van der Waals surface area contributed by atoms with E-state index >= 15 is 0 Å². The van der Waals surface area contributed by atoms with Crippen LogP contribution in [0.4, 0.5) is 0 Å². The molecule has 1 aromatic carbocycles. The summed E-state index contributed by atoms with van der Waals surface area (Å²) in [5.74, 6) is 1.05. The van der Waals surface area contributed by atoms with Crippen molar-refractivity contribution < 1.29 is 4.74 Å². The van der Waals surface area contributed by atoms with Crippen LogP contribution >= 0.6 is 0 Å². The van der Waals surface area contributed by atoms with Gasteiger partial charge in [0, 0.05) is 26.2 Å². The zero-order chi connectivity index (χ0) is 13.4. The summed E-state index contributed by atoms with van der Waals surface area (Å²) >= 11 is 0. The Morgan fingerprint density at radius 3 is 2.44 bits per heavy atom. The van der Waals surface area contributed by atoms with Crippen LogP contribution in [0.1, 0.15) is 37.3 Å². The standard InChI is InChI=1S/C16H27NO/c1-5-10-17-11-16(14(3)12-18-4)15-8-6-13(2)7-9-15/h6-9,14,16-17H,5,10-12H2,1-4H3. The molecule has 2 heteroatoms. The number of rotatable bonds is 8. The molecule has 102 valence electrons.